The van der Waals surface area contributed by atoms with Crippen molar-refractivity contribution in [2.45, 2.75) is 52.0 Å². The molecule has 0 saturated heterocycles. The van der Waals surface area contributed by atoms with Crippen LogP contribution in [0.15, 0.2) is 0 Å². The van der Waals surface area contributed by atoms with Crippen LogP contribution in [-0.4, -0.2) is 20.6 Å². The van der Waals surface area contributed by atoms with Gasteiger partial charge in [-0.05, 0) is 32.6 Å². The fourth-order valence-corrected chi connectivity index (χ4v) is 2.54. The van der Waals surface area contributed by atoms with Crippen LogP contribution in [0.1, 0.15) is 61.2 Å². The average molecular weight is 222 g/mol. The fourth-order valence-electron chi connectivity index (χ4n) is 2.54. The van der Waals surface area contributed by atoms with Crippen LogP contribution in [0.5, 0.6) is 0 Å². The van der Waals surface area contributed by atoms with Crippen LogP contribution in [0.4, 0.5) is 0 Å². The maximum absolute atomic E-state index is 11.1. The Kier molecular flexibility index (Phi) is 2.99. The average Bonchev–Trinajstić information content (AvgIpc) is 2.59. The maximum Gasteiger partial charge on any atom is 0.356 e. The van der Waals surface area contributed by atoms with Crippen molar-refractivity contribution in [1.29, 1.82) is 0 Å². The van der Waals surface area contributed by atoms with Gasteiger partial charge in [0.15, 0.2) is 5.69 Å². The number of aromatic carboxylic acids is 1. The van der Waals surface area contributed by atoms with Crippen molar-refractivity contribution in [1.82, 2.24) is 9.55 Å². The number of hydrogen-bond donors (Lipinski definition) is 1. The Labute approximate surface area is 95.3 Å². The number of carbonyl (C=O) groups is 1. The van der Waals surface area contributed by atoms with Crippen LogP contribution >= 0.6 is 0 Å². The minimum Gasteiger partial charge on any atom is -0.476 e. The van der Waals surface area contributed by atoms with Crippen molar-refractivity contribution in [3.05, 3.63) is 17.2 Å². The molecule has 1 aromatic rings. The molecule has 0 aliphatic carbocycles. The van der Waals surface area contributed by atoms with E-state index in [1.807, 2.05) is 0 Å². The lowest BCUT2D eigenvalue weighted by Crippen LogP contribution is -2.18. The Morgan fingerprint density at radius 2 is 2.38 bits per heavy atom. The second kappa shape index (κ2) is 4.28. The zero-order chi connectivity index (χ0) is 11.7. The molecule has 4 nitrogen and oxygen atoms in total. The molecule has 0 saturated carbocycles. The molecule has 0 radical (unpaired) electrons. The maximum atomic E-state index is 11.1. The Hall–Kier alpha value is -1.32. The minimum atomic E-state index is -0.889. The van der Waals surface area contributed by atoms with Crippen LogP contribution < -0.4 is 0 Å². The standard InChI is InChI=1S/C12H18N2O2/c1-3-5-10-13-11(12(15)16)9-7-4-6-8(2)14(9)10/h8H,3-7H2,1-2H3,(H,15,16). The number of aryl methyl sites for hydroxylation is 1. The van der Waals surface area contributed by atoms with Gasteiger partial charge in [0.1, 0.15) is 5.82 Å². The highest BCUT2D eigenvalue weighted by Gasteiger charge is 2.26. The monoisotopic (exact) mass is 222 g/mol. The highest BCUT2D eigenvalue weighted by atomic mass is 16.4. The number of rotatable bonds is 3. The summed E-state index contributed by atoms with van der Waals surface area (Å²) >= 11 is 0. The first-order valence-electron chi connectivity index (χ1n) is 5.98. The third kappa shape index (κ3) is 1.72. The second-order valence-electron chi connectivity index (χ2n) is 4.49. The van der Waals surface area contributed by atoms with E-state index >= 15 is 0 Å². The quantitative estimate of drug-likeness (QED) is 0.854. The van der Waals surface area contributed by atoms with Crippen LogP contribution in [0.25, 0.3) is 0 Å². The van der Waals surface area contributed by atoms with Crippen LogP contribution in [0, 0.1) is 0 Å². The number of fused-ring (bicyclic) bond motifs is 1. The van der Waals surface area contributed by atoms with Crippen LogP contribution in [-0.2, 0) is 12.8 Å². The highest BCUT2D eigenvalue weighted by molar-refractivity contribution is 5.87. The predicted molar refractivity (Wildman–Crippen MR) is 60.8 cm³/mol. The zero-order valence-corrected chi connectivity index (χ0v) is 9.86. The molecule has 1 atom stereocenters. The van der Waals surface area contributed by atoms with E-state index in [-0.39, 0.29) is 5.69 Å². The Bertz CT molecular complexity index is 409. The van der Waals surface area contributed by atoms with Gasteiger partial charge in [-0.2, -0.15) is 0 Å². The number of aromatic nitrogens is 2. The van der Waals surface area contributed by atoms with Gasteiger partial charge < -0.3 is 9.67 Å². The molecule has 1 aliphatic heterocycles. The lowest BCUT2D eigenvalue weighted by Gasteiger charge is -2.24. The van der Waals surface area contributed by atoms with Gasteiger partial charge in [0.25, 0.3) is 0 Å². The number of carboxylic acids is 1. The van der Waals surface area contributed by atoms with Gasteiger partial charge in [0, 0.05) is 12.5 Å². The molecule has 0 bridgehead atoms. The van der Waals surface area contributed by atoms with Gasteiger partial charge in [0.2, 0.25) is 0 Å². The molecule has 1 unspecified atom stereocenters. The molecule has 1 aromatic heterocycles. The van der Waals surface area contributed by atoms with Gasteiger partial charge >= 0.3 is 5.97 Å². The Morgan fingerprint density at radius 1 is 1.62 bits per heavy atom. The van der Waals surface area contributed by atoms with E-state index in [9.17, 15) is 4.79 Å². The molecule has 2 rings (SSSR count). The summed E-state index contributed by atoms with van der Waals surface area (Å²) in [7, 11) is 0. The number of nitrogens with zero attached hydrogens (tertiary/aromatic N) is 2. The van der Waals surface area contributed by atoms with Crippen LogP contribution in [0.2, 0.25) is 0 Å². The summed E-state index contributed by atoms with van der Waals surface area (Å²) in [6.07, 6.45) is 4.91. The first-order chi connectivity index (χ1) is 7.65. The summed E-state index contributed by atoms with van der Waals surface area (Å²) in [6.45, 7) is 4.24. The van der Waals surface area contributed by atoms with Gasteiger partial charge in [-0.3, -0.25) is 0 Å². The lowest BCUT2D eigenvalue weighted by molar-refractivity contribution is 0.0689. The SMILES string of the molecule is CCCc1nc(C(=O)O)c2n1C(C)CCC2. The molecule has 1 aliphatic rings. The molecule has 1 N–H and O–H groups in total. The van der Waals surface area contributed by atoms with E-state index in [2.05, 4.69) is 23.4 Å². The molecule has 0 aromatic carbocycles. The summed E-state index contributed by atoms with van der Waals surface area (Å²) in [4.78, 5) is 15.4. The summed E-state index contributed by atoms with van der Waals surface area (Å²) in [6, 6.07) is 0.394. The minimum absolute atomic E-state index is 0.273. The van der Waals surface area contributed by atoms with Crippen LogP contribution in [0.3, 0.4) is 0 Å². The van der Waals surface area contributed by atoms with Gasteiger partial charge in [-0.1, -0.05) is 6.92 Å². The second-order valence-corrected chi connectivity index (χ2v) is 4.49. The van der Waals surface area contributed by atoms with Crippen molar-refractivity contribution in [2.24, 2.45) is 0 Å². The van der Waals surface area contributed by atoms with Crippen molar-refractivity contribution in [3.8, 4) is 0 Å². The molecular weight excluding hydrogens is 204 g/mol. The normalized spacial score (nSPS) is 19.5. The molecular formula is C12H18N2O2. The van der Waals surface area contributed by atoms with Crippen molar-refractivity contribution >= 4 is 5.97 Å². The largest absolute Gasteiger partial charge is 0.476 e. The first kappa shape index (κ1) is 11.2. The van der Waals surface area contributed by atoms with Gasteiger partial charge in [0.05, 0.1) is 5.69 Å². The number of hydrogen-bond acceptors (Lipinski definition) is 2. The van der Waals surface area contributed by atoms with E-state index in [0.29, 0.717) is 6.04 Å². The Balaban J connectivity index is 2.51. The number of carboxylic acid groups (broad SMARTS) is 1. The van der Waals surface area contributed by atoms with Gasteiger partial charge in [-0.25, -0.2) is 9.78 Å². The van der Waals surface area contributed by atoms with E-state index in [4.69, 9.17) is 5.11 Å². The third-order valence-corrected chi connectivity index (χ3v) is 3.24. The molecule has 0 fully saturated rings. The van der Waals surface area contributed by atoms with E-state index in [0.717, 1.165) is 43.6 Å². The van der Waals surface area contributed by atoms with Crippen molar-refractivity contribution in [3.63, 3.8) is 0 Å². The van der Waals surface area contributed by atoms with Crippen molar-refractivity contribution in [2.75, 3.05) is 0 Å². The van der Waals surface area contributed by atoms with Crippen molar-refractivity contribution < 1.29 is 9.90 Å². The first-order valence-corrected chi connectivity index (χ1v) is 5.98. The Morgan fingerprint density at radius 3 is 3.00 bits per heavy atom. The topological polar surface area (TPSA) is 55.1 Å². The molecule has 0 spiro atoms. The smallest absolute Gasteiger partial charge is 0.356 e. The third-order valence-electron chi connectivity index (χ3n) is 3.24. The highest BCUT2D eigenvalue weighted by Crippen LogP contribution is 2.29. The van der Waals surface area contributed by atoms with E-state index < -0.39 is 5.97 Å². The molecule has 0 amide bonds. The summed E-state index contributed by atoms with van der Waals surface area (Å²) in [5, 5.41) is 9.13. The molecule has 4 heteroatoms. The zero-order valence-electron chi connectivity index (χ0n) is 9.86. The summed E-state index contributed by atoms with van der Waals surface area (Å²) < 4.78 is 2.15. The van der Waals surface area contributed by atoms with E-state index in [1.165, 1.54) is 0 Å². The van der Waals surface area contributed by atoms with E-state index in [1.54, 1.807) is 0 Å². The predicted octanol–water partition coefficient (Wildman–Crippen LogP) is 2.43. The molecule has 2 heterocycles. The van der Waals surface area contributed by atoms with Gasteiger partial charge in [-0.15, -0.1) is 0 Å². The molecule has 88 valence electrons. The summed E-state index contributed by atoms with van der Waals surface area (Å²) in [5.41, 5.74) is 1.20. The number of imidazole rings is 1. The lowest BCUT2D eigenvalue weighted by atomic mass is 10.0. The summed E-state index contributed by atoms with van der Waals surface area (Å²) in [5.74, 6) is 0.0577. The molecule has 16 heavy (non-hydrogen) atoms. The fraction of sp³-hybridized carbons (Fsp3) is 0.667.